The van der Waals surface area contributed by atoms with Crippen LogP contribution in [0.3, 0.4) is 0 Å². The Kier molecular flexibility index (Phi) is 6.62. The van der Waals surface area contributed by atoms with Gasteiger partial charge in [-0.3, -0.25) is 0 Å². The number of hydrogen-bond donors (Lipinski definition) is 0. The monoisotopic (exact) mass is 391 g/mol. The standard InChI is InChI=1S/C24H24O3P/c1-26-20(18-24(25)27-2)19-28(21-12-6-3-7-13-21,22-14-8-4-9-15-22)23-16-10-5-11-17-23/h3-18H,19H2,1-2H3/q+1/b20-18+. The van der Waals surface area contributed by atoms with Gasteiger partial charge in [0, 0.05) is 0 Å². The first-order chi connectivity index (χ1) is 13.7. The number of esters is 1. The van der Waals surface area contributed by atoms with Crippen molar-refractivity contribution in [2.45, 2.75) is 0 Å². The van der Waals surface area contributed by atoms with Crippen LogP contribution in [0.15, 0.2) is 103 Å². The van der Waals surface area contributed by atoms with Crippen LogP contribution in [-0.4, -0.2) is 26.4 Å². The molecule has 142 valence electrons. The van der Waals surface area contributed by atoms with Crippen LogP contribution in [0, 0.1) is 0 Å². The molecule has 0 spiro atoms. The van der Waals surface area contributed by atoms with Gasteiger partial charge in [0.15, 0.2) is 0 Å². The van der Waals surface area contributed by atoms with Gasteiger partial charge in [0.2, 0.25) is 0 Å². The SMILES string of the molecule is COC(=O)/C=C(\C[P+](c1ccccc1)(c1ccccc1)c1ccccc1)OC. The van der Waals surface area contributed by atoms with E-state index in [-0.39, 0.29) is 0 Å². The molecule has 28 heavy (non-hydrogen) atoms. The molecule has 0 radical (unpaired) electrons. The summed E-state index contributed by atoms with van der Waals surface area (Å²) in [5.74, 6) is 0.195. The Balaban J connectivity index is 2.28. The second-order valence-electron chi connectivity index (χ2n) is 6.31. The summed E-state index contributed by atoms with van der Waals surface area (Å²) in [6, 6.07) is 31.4. The Labute approximate surface area is 167 Å². The van der Waals surface area contributed by atoms with E-state index in [1.165, 1.54) is 29.1 Å². The van der Waals surface area contributed by atoms with Crippen LogP contribution < -0.4 is 15.9 Å². The van der Waals surface area contributed by atoms with E-state index in [1.54, 1.807) is 7.11 Å². The van der Waals surface area contributed by atoms with Gasteiger partial charge in [-0.1, -0.05) is 54.6 Å². The number of ether oxygens (including phenoxy) is 2. The van der Waals surface area contributed by atoms with E-state index < -0.39 is 13.2 Å². The topological polar surface area (TPSA) is 35.5 Å². The summed E-state index contributed by atoms with van der Waals surface area (Å²) in [7, 11) is 0.883. The quantitative estimate of drug-likeness (QED) is 0.267. The van der Waals surface area contributed by atoms with Gasteiger partial charge in [0.25, 0.3) is 0 Å². The van der Waals surface area contributed by atoms with Crippen LogP contribution in [0.5, 0.6) is 0 Å². The lowest BCUT2D eigenvalue weighted by atomic mass is 10.3. The normalized spacial score (nSPS) is 11.7. The maximum Gasteiger partial charge on any atom is 0.334 e. The van der Waals surface area contributed by atoms with Gasteiger partial charge in [-0.15, -0.1) is 0 Å². The Bertz CT molecular complexity index is 825. The number of benzene rings is 3. The van der Waals surface area contributed by atoms with E-state index in [0.29, 0.717) is 11.9 Å². The third-order valence-corrected chi connectivity index (χ3v) is 9.05. The number of carbonyl (C=O) groups is 1. The zero-order chi connectivity index (χ0) is 19.8. The molecule has 0 amide bonds. The molecule has 0 bridgehead atoms. The highest BCUT2D eigenvalue weighted by Gasteiger charge is 2.46. The van der Waals surface area contributed by atoms with Crippen LogP contribution in [0.25, 0.3) is 0 Å². The summed E-state index contributed by atoms with van der Waals surface area (Å²) in [6.45, 7) is 0. The van der Waals surface area contributed by atoms with Crippen molar-refractivity contribution in [2.75, 3.05) is 20.4 Å². The van der Waals surface area contributed by atoms with Crippen LogP contribution >= 0.6 is 7.26 Å². The number of allylic oxidation sites excluding steroid dienone is 1. The van der Waals surface area contributed by atoms with Crippen molar-refractivity contribution >= 4 is 29.1 Å². The fourth-order valence-corrected chi connectivity index (χ4v) is 7.54. The van der Waals surface area contributed by atoms with E-state index >= 15 is 0 Å². The highest BCUT2D eigenvalue weighted by Crippen LogP contribution is 2.56. The Morgan fingerprint density at radius 1 is 0.714 bits per heavy atom. The zero-order valence-electron chi connectivity index (χ0n) is 16.1. The van der Waals surface area contributed by atoms with Crippen molar-refractivity contribution in [3.8, 4) is 0 Å². The molecule has 4 heteroatoms. The van der Waals surface area contributed by atoms with E-state index in [2.05, 4.69) is 72.8 Å². The van der Waals surface area contributed by atoms with Gasteiger partial charge in [-0.2, -0.15) is 0 Å². The highest BCUT2D eigenvalue weighted by atomic mass is 31.2. The lowest BCUT2D eigenvalue weighted by molar-refractivity contribution is -0.135. The van der Waals surface area contributed by atoms with Crippen LogP contribution in [-0.2, 0) is 14.3 Å². The minimum Gasteiger partial charge on any atom is -0.497 e. The average Bonchev–Trinajstić information content (AvgIpc) is 2.78. The zero-order valence-corrected chi connectivity index (χ0v) is 17.0. The lowest BCUT2D eigenvalue weighted by Crippen LogP contribution is -2.34. The summed E-state index contributed by atoms with van der Waals surface area (Å²) in [4.78, 5) is 11.9. The van der Waals surface area contributed by atoms with Crippen molar-refractivity contribution in [1.82, 2.24) is 0 Å². The minimum absolute atomic E-state index is 0.413. The summed E-state index contributed by atoms with van der Waals surface area (Å²) in [5.41, 5.74) is 0. The lowest BCUT2D eigenvalue weighted by Gasteiger charge is -2.28. The molecule has 0 aliphatic heterocycles. The average molecular weight is 391 g/mol. The van der Waals surface area contributed by atoms with E-state index in [0.717, 1.165) is 0 Å². The number of carbonyl (C=O) groups excluding carboxylic acids is 1. The molecule has 3 rings (SSSR count). The third kappa shape index (κ3) is 4.16. The molecule has 0 unspecified atom stereocenters. The Hall–Kier alpha value is -2.90. The molecule has 0 N–H and O–H groups in total. The molecule has 3 aromatic rings. The van der Waals surface area contributed by atoms with Crippen LogP contribution in [0.4, 0.5) is 0 Å². The summed E-state index contributed by atoms with van der Waals surface area (Å²) < 4.78 is 10.5. The first-order valence-electron chi connectivity index (χ1n) is 9.08. The van der Waals surface area contributed by atoms with Crippen molar-refractivity contribution in [3.05, 3.63) is 103 Å². The predicted octanol–water partition coefficient (Wildman–Crippen LogP) is 3.68. The van der Waals surface area contributed by atoms with Crippen molar-refractivity contribution < 1.29 is 14.3 Å². The molecule has 0 atom stereocenters. The number of rotatable bonds is 7. The first kappa shape index (κ1) is 19.9. The summed E-state index contributed by atoms with van der Waals surface area (Å²) in [6.07, 6.45) is 2.04. The highest BCUT2D eigenvalue weighted by molar-refractivity contribution is 7.95. The third-order valence-electron chi connectivity index (χ3n) is 4.73. The Morgan fingerprint density at radius 2 is 1.11 bits per heavy atom. The molecular formula is C24H24O3P+. The summed E-state index contributed by atoms with van der Waals surface area (Å²) >= 11 is 0. The summed E-state index contributed by atoms with van der Waals surface area (Å²) in [5, 5.41) is 3.71. The van der Waals surface area contributed by atoms with Gasteiger partial charge in [0.05, 0.1) is 20.3 Å². The predicted molar refractivity (Wildman–Crippen MR) is 117 cm³/mol. The van der Waals surface area contributed by atoms with E-state index in [9.17, 15) is 4.79 Å². The maximum absolute atomic E-state index is 11.9. The van der Waals surface area contributed by atoms with E-state index in [1.807, 2.05) is 18.2 Å². The first-order valence-corrected chi connectivity index (χ1v) is 11.1. The molecule has 0 heterocycles. The molecule has 0 aliphatic rings. The van der Waals surface area contributed by atoms with E-state index in [4.69, 9.17) is 9.47 Å². The second-order valence-corrected chi connectivity index (χ2v) is 9.80. The number of methoxy groups -OCH3 is 2. The minimum atomic E-state index is -2.09. The van der Waals surface area contributed by atoms with Gasteiger partial charge in [0.1, 0.15) is 35.1 Å². The smallest absolute Gasteiger partial charge is 0.334 e. The van der Waals surface area contributed by atoms with Gasteiger partial charge in [-0.25, -0.2) is 4.79 Å². The molecule has 0 aliphatic carbocycles. The molecular weight excluding hydrogens is 367 g/mol. The van der Waals surface area contributed by atoms with Gasteiger partial charge < -0.3 is 9.47 Å². The molecule has 0 aromatic heterocycles. The van der Waals surface area contributed by atoms with Crippen molar-refractivity contribution in [2.24, 2.45) is 0 Å². The molecule has 3 aromatic carbocycles. The molecule has 0 fully saturated rings. The van der Waals surface area contributed by atoms with Crippen LogP contribution in [0.2, 0.25) is 0 Å². The second kappa shape index (κ2) is 9.34. The van der Waals surface area contributed by atoms with Gasteiger partial charge >= 0.3 is 5.97 Å². The Morgan fingerprint density at radius 3 is 1.43 bits per heavy atom. The fourth-order valence-electron chi connectivity index (χ4n) is 3.36. The van der Waals surface area contributed by atoms with Crippen molar-refractivity contribution in [1.29, 1.82) is 0 Å². The molecule has 0 saturated carbocycles. The van der Waals surface area contributed by atoms with Gasteiger partial charge in [-0.05, 0) is 36.4 Å². The fraction of sp³-hybridized carbons (Fsp3) is 0.125. The van der Waals surface area contributed by atoms with Crippen molar-refractivity contribution in [3.63, 3.8) is 0 Å². The largest absolute Gasteiger partial charge is 0.497 e. The maximum atomic E-state index is 11.9. The number of hydrogen-bond acceptors (Lipinski definition) is 3. The van der Waals surface area contributed by atoms with Crippen LogP contribution in [0.1, 0.15) is 0 Å². The molecule has 3 nitrogen and oxygen atoms in total. The molecule has 0 saturated heterocycles.